The van der Waals surface area contributed by atoms with Gasteiger partial charge >= 0.3 is 0 Å². The minimum Gasteiger partial charge on any atom is -0.468 e. The zero-order chi connectivity index (χ0) is 21.6. The molecule has 31 heavy (non-hydrogen) atoms. The molecule has 0 aliphatic carbocycles. The van der Waals surface area contributed by atoms with Crippen LogP contribution in [0.5, 0.6) is 0 Å². The second-order valence-corrected chi connectivity index (χ2v) is 8.64. The Balaban J connectivity index is 1.37. The third-order valence-electron chi connectivity index (χ3n) is 5.46. The molecule has 1 fully saturated rings. The van der Waals surface area contributed by atoms with Crippen molar-refractivity contribution in [1.29, 1.82) is 0 Å². The molecule has 4 rings (SSSR count). The molecule has 0 spiro atoms. The highest BCUT2D eigenvalue weighted by atomic mass is 32.2. The summed E-state index contributed by atoms with van der Waals surface area (Å²) in [6, 6.07) is 7.51. The number of amides is 1. The molecule has 1 amide bonds. The van der Waals surface area contributed by atoms with Gasteiger partial charge in [0.2, 0.25) is 5.91 Å². The van der Waals surface area contributed by atoms with Gasteiger partial charge in [0.25, 0.3) is 5.56 Å². The lowest BCUT2D eigenvalue weighted by Crippen LogP contribution is -2.46. The fraction of sp³-hybridized carbons (Fsp3) is 0.455. The number of fused-ring (bicyclic) bond motifs is 1. The van der Waals surface area contributed by atoms with Gasteiger partial charge in [-0.25, -0.2) is 9.97 Å². The van der Waals surface area contributed by atoms with Crippen LogP contribution < -0.4 is 15.8 Å². The second kappa shape index (κ2) is 10.00. The van der Waals surface area contributed by atoms with Crippen molar-refractivity contribution in [1.82, 2.24) is 19.9 Å². The molecule has 1 unspecified atom stereocenters. The largest absolute Gasteiger partial charge is 0.468 e. The number of nitrogens with one attached hydrogen (secondary N) is 1. The molecule has 4 heterocycles. The van der Waals surface area contributed by atoms with Crippen LogP contribution in [0.4, 0.5) is 5.82 Å². The predicted octanol–water partition coefficient (Wildman–Crippen LogP) is 2.67. The molecule has 1 aliphatic heterocycles. The van der Waals surface area contributed by atoms with Crippen LogP contribution in [0.3, 0.4) is 0 Å². The fourth-order valence-corrected chi connectivity index (χ4v) is 4.66. The lowest BCUT2D eigenvalue weighted by Gasteiger charge is -2.32. The van der Waals surface area contributed by atoms with E-state index in [1.807, 2.05) is 36.1 Å². The van der Waals surface area contributed by atoms with Crippen LogP contribution in [0.1, 0.15) is 25.5 Å². The fourth-order valence-electron chi connectivity index (χ4n) is 3.90. The van der Waals surface area contributed by atoms with Gasteiger partial charge in [-0.3, -0.25) is 14.2 Å². The van der Waals surface area contributed by atoms with E-state index in [1.165, 1.54) is 0 Å². The van der Waals surface area contributed by atoms with Crippen LogP contribution >= 0.6 is 11.8 Å². The smallest absolute Gasteiger partial charge is 0.295 e. The Hall–Kier alpha value is -2.81. The number of thioether (sulfide) groups is 1. The van der Waals surface area contributed by atoms with Crippen LogP contribution in [-0.4, -0.2) is 45.8 Å². The summed E-state index contributed by atoms with van der Waals surface area (Å²) in [5, 5.41) is 3.04. The summed E-state index contributed by atoms with van der Waals surface area (Å²) in [7, 11) is 0. The summed E-state index contributed by atoms with van der Waals surface area (Å²) in [4.78, 5) is 36.6. The Kier molecular flexibility index (Phi) is 6.91. The maximum absolute atomic E-state index is 13.0. The molecular formula is C22H27N5O3S. The van der Waals surface area contributed by atoms with Crippen molar-refractivity contribution in [2.75, 3.05) is 30.3 Å². The van der Waals surface area contributed by atoms with Gasteiger partial charge in [-0.05, 0) is 44.0 Å². The molecule has 1 saturated heterocycles. The van der Waals surface area contributed by atoms with Gasteiger partial charge in [-0.1, -0.05) is 0 Å². The zero-order valence-corrected chi connectivity index (χ0v) is 18.4. The summed E-state index contributed by atoms with van der Waals surface area (Å²) >= 11 is 1.73. The predicted molar refractivity (Wildman–Crippen MR) is 122 cm³/mol. The van der Waals surface area contributed by atoms with Crippen molar-refractivity contribution in [3.05, 3.63) is 52.8 Å². The lowest BCUT2D eigenvalue weighted by atomic mass is 9.97. The van der Waals surface area contributed by atoms with Crippen LogP contribution in [0.15, 0.2) is 45.9 Å². The molecule has 1 atom stereocenters. The molecule has 0 radical (unpaired) electrons. The summed E-state index contributed by atoms with van der Waals surface area (Å²) in [5.41, 5.74) is 1.14. The number of hydrogen-bond donors (Lipinski definition) is 1. The van der Waals surface area contributed by atoms with Crippen molar-refractivity contribution in [2.45, 2.75) is 32.1 Å². The lowest BCUT2D eigenvalue weighted by molar-refractivity contribution is -0.125. The minimum absolute atomic E-state index is 0.0431. The van der Waals surface area contributed by atoms with E-state index in [9.17, 15) is 9.59 Å². The van der Waals surface area contributed by atoms with Crippen LogP contribution in [0, 0.1) is 5.92 Å². The second-order valence-electron chi connectivity index (χ2n) is 7.54. The molecule has 3 aromatic rings. The SMILES string of the molecule is CCn1c(=O)c(N2CCCC(C(=O)NCCSCc3ccco3)C2)nc2cccnc21. The topological polar surface area (TPSA) is 93.3 Å². The van der Waals surface area contributed by atoms with Gasteiger partial charge in [0.15, 0.2) is 11.5 Å². The molecule has 1 aliphatic rings. The molecule has 3 aromatic heterocycles. The molecule has 164 valence electrons. The van der Waals surface area contributed by atoms with E-state index >= 15 is 0 Å². The van der Waals surface area contributed by atoms with Gasteiger partial charge in [0.05, 0.1) is 17.9 Å². The highest BCUT2D eigenvalue weighted by molar-refractivity contribution is 7.98. The first-order valence-corrected chi connectivity index (χ1v) is 11.8. The van der Waals surface area contributed by atoms with Gasteiger partial charge in [0.1, 0.15) is 11.3 Å². The van der Waals surface area contributed by atoms with Crippen LogP contribution in [0.2, 0.25) is 0 Å². The number of aromatic nitrogens is 3. The Labute approximate surface area is 185 Å². The molecular weight excluding hydrogens is 414 g/mol. The Morgan fingerprint density at radius 1 is 1.35 bits per heavy atom. The van der Waals surface area contributed by atoms with E-state index < -0.39 is 0 Å². The first-order chi connectivity index (χ1) is 15.2. The quantitative estimate of drug-likeness (QED) is 0.537. The Morgan fingerprint density at radius 3 is 3.06 bits per heavy atom. The van der Waals surface area contributed by atoms with Crippen molar-refractivity contribution in [3.63, 3.8) is 0 Å². The monoisotopic (exact) mass is 441 g/mol. The number of hydrogen-bond acceptors (Lipinski definition) is 7. The standard InChI is InChI=1S/C22H27N5O3S/c1-2-27-19-18(8-3-9-23-19)25-20(22(27)29)26-11-4-6-16(14-26)21(28)24-10-13-31-15-17-7-5-12-30-17/h3,5,7-9,12,16H,2,4,6,10-11,13-15H2,1H3,(H,24,28). The summed E-state index contributed by atoms with van der Waals surface area (Å²) in [5.74, 6) is 2.87. The summed E-state index contributed by atoms with van der Waals surface area (Å²) in [6.45, 7) is 4.29. The number of rotatable bonds is 8. The maximum atomic E-state index is 13.0. The number of anilines is 1. The van der Waals surface area contributed by atoms with Gasteiger partial charge in [-0.15, -0.1) is 0 Å². The number of carbonyl (C=O) groups is 1. The van der Waals surface area contributed by atoms with Gasteiger partial charge in [0, 0.05) is 38.1 Å². The van der Waals surface area contributed by atoms with Gasteiger partial charge < -0.3 is 14.6 Å². The molecule has 0 saturated carbocycles. The van der Waals surface area contributed by atoms with Crippen molar-refractivity contribution >= 4 is 34.7 Å². The molecule has 9 heteroatoms. The third kappa shape index (κ3) is 4.92. The normalized spacial score (nSPS) is 16.5. The maximum Gasteiger partial charge on any atom is 0.295 e. The first kappa shape index (κ1) is 21.4. The van der Waals surface area contributed by atoms with Gasteiger partial charge in [-0.2, -0.15) is 11.8 Å². The average Bonchev–Trinajstić information content (AvgIpc) is 3.32. The minimum atomic E-state index is -0.149. The highest BCUT2D eigenvalue weighted by Crippen LogP contribution is 2.21. The molecule has 8 nitrogen and oxygen atoms in total. The van der Waals surface area contributed by atoms with Crippen molar-refractivity contribution < 1.29 is 9.21 Å². The number of aryl methyl sites for hydroxylation is 1. The number of carbonyl (C=O) groups excluding carboxylic acids is 1. The van der Waals surface area contributed by atoms with E-state index in [0.717, 1.165) is 36.7 Å². The van der Waals surface area contributed by atoms with Crippen molar-refractivity contribution in [3.8, 4) is 0 Å². The summed E-state index contributed by atoms with van der Waals surface area (Å²) in [6.07, 6.45) is 5.01. The molecule has 0 aromatic carbocycles. The van der Waals surface area contributed by atoms with E-state index in [2.05, 4.69) is 15.3 Å². The Morgan fingerprint density at radius 2 is 2.26 bits per heavy atom. The van der Waals surface area contributed by atoms with Crippen LogP contribution in [0.25, 0.3) is 11.2 Å². The molecule has 1 N–H and O–H groups in total. The average molecular weight is 442 g/mol. The first-order valence-electron chi connectivity index (χ1n) is 10.7. The van der Waals surface area contributed by atoms with E-state index in [-0.39, 0.29) is 17.4 Å². The number of pyridine rings is 1. The van der Waals surface area contributed by atoms with Crippen LogP contribution in [-0.2, 0) is 17.1 Å². The highest BCUT2D eigenvalue weighted by Gasteiger charge is 2.28. The molecule has 0 bridgehead atoms. The number of piperidine rings is 1. The zero-order valence-electron chi connectivity index (χ0n) is 17.6. The Bertz CT molecular complexity index is 1080. The summed E-state index contributed by atoms with van der Waals surface area (Å²) < 4.78 is 6.96. The van der Waals surface area contributed by atoms with E-state index in [4.69, 9.17) is 4.42 Å². The number of furan rings is 1. The van der Waals surface area contributed by atoms with E-state index in [1.54, 1.807) is 28.8 Å². The van der Waals surface area contributed by atoms with E-state index in [0.29, 0.717) is 36.6 Å². The third-order valence-corrected chi connectivity index (χ3v) is 6.44. The number of nitrogens with zero attached hydrogens (tertiary/aromatic N) is 4. The van der Waals surface area contributed by atoms with Crippen molar-refractivity contribution in [2.24, 2.45) is 5.92 Å².